The average Bonchev–Trinajstić information content (AvgIpc) is 2.36. The van der Waals surface area contributed by atoms with E-state index in [9.17, 15) is 9.59 Å². The van der Waals surface area contributed by atoms with Gasteiger partial charge in [0, 0.05) is 19.0 Å². The number of amides is 1. The topological polar surface area (TPSA) is 66.4 Å². The van der Waals surface area contributed by atoms with Crippen molar-refractivity contribution >= 4 is 11.9 Å². The van der Waals surface area contributed by atoms with E-state index in [-0.39, 0.29) is 12.3 Å². The van der Waals surface area contributed by atoms with Crippen molar-refractivity contribution < 1.29 is 14.7 Å². The standard InChI is InChI=1S/C15H25NO3/c1-3-5-6-8-14(17)16-12-11-13(7-4-2)9-10-15(18)19/h3,5-6,8,13H,4,7,9-12H2,1-2H3,(H,16,17)(H,18,19). The molecule has 4 nitrogen and oxygen atoms in total. The fourth-order valence-electron chi connectivity index (χ4n) is 1.88. The molecule has 4 heteroatoms. The van der Waals surface area contributed by atoms with Gasteiger partial charge < -0.3 is 10.4 Å². The number of carboxylic acids is 1. The van der Waals surface area contributed by atoms with Crippen LogP contribution in [-0.4, -0.2) is 23.5 Å². The molecule has 19 heavy (non-hydrogen) atoms. The van der Waals surface area contributed by atoms with Gasteiger partial charge in [0.1, 0.15) is 0 Å². The third-order valence-corrected chi connectivity index (χ3v) is 2.87. The monoisotopic (exact) mass is 267 g/mol. The number of carboxylic acid groups (broad SMARTS) is 1. The van der Waals surface area contributed by atoms with E-state index in [4.69, 9.17) is 5.11 Å². The number of hydrogen-bond donors (Lipinski definition) is 2. The molecule has 0 saturated heterocycles. The van der Waals surface area contributed by atoms with Crippen LogP contribution in [0.5, 0.6) is 0 Å². The molecule has 0 rings (SSSR count). The van der Waals surface area contributed by atoms with Crippen LogP contribution in [0, 0.1) is 5.92 Å². The van der Waals surface area contributed by atoms with Crippen LogP contribution in [-0.2, 0) is 9.59 Å². The number of carbonyl (C=O) groups excluding carboxylic acids is 1. The number of rotatable bonds is 10. The minimum absolute atomic E-state index is 0.105. The Balaban J connectivity index is 3.90. The molecule has 0 bridgehead atoms. The second-order valence-electron chi connectivity index (χ2n) is 4.55. The number of nitrogens with one attached hydrogen (secondary N) is 1. The Hall–Kier alpha value is -1.58. The minimum atomic E-state index is -0.751. The Bertz CT molecular complexity index is 321. The number of carbonyl (C=O) groups is 2. The fraction of sp³-hybridized carbons (Fsp3) is 0.600. The summed E-state index contributed by atoms with van der Waals surface area (Å²) in [7, 11) is 0. The molecule has 108 valence electrons. The van der Waals surface area contributed by atoms with E-state index < -0.39 is 5.97 Å². The summed E-state index contributed by atoms with van der Waals surface area (Å²) in [4.78, 5) is 21.9. The third-order valence-electron chi connectivity index (χ3n) is 2.87. The second-order valence-corrected chi connectivity index (χ2v) is 4.55. The summed E-state index contributed by atoms with van der Waals surface area (Å²) < 4.78 is 0. The maximum absolute atomic E-state index is 11.4. The number of hydrogen-bond acceptors (Lipinski definition) is 2. The molecule has 0 aliphatic rings. The second kappa shape index (κ2) is 11.5. The Kier molecular flexibility index (Phi) is 10.6. The predicted octanol–water partition coefficient (Wildman–Crippen LogP) is 2.91. The maximum atomic E-state index is 11.4. The van der Waals surface area contributed by atoms with E-state index in [1.807, 2.05) is 13.0 Å². The quantitative estimate of drug-likeness (QED) is 0.472. The fourth-order valence-corrected chi connectivity index (χ4v) is 1.88. The van der Waals surface area contributed by atoms with Crippen LogP contribution in [0.3, 0.4) is 0 Å². The first-order valence-electron chi connectivity index (χ1n) is 6.89. The molecule has 0 aromatic rings. The van der Waals surface area contributed by atoms with Gasteiger partial charge in [0.25, 0.3) is 0 Å². The number of allylic oxidation sites excluding steroid dienone is 3. The summed E-state index contributed by atoms with van der Waals surface area (Å²) in [6, 6.07) is 0. The van der Waals surface area contributed by atoms with Gasteiger partial charge in [-0.15, -0.1) is 0 Å². The van der Waals surface area contributed by atoms with Gasteiger partial charge in [-0.3, -0.25) is 9.59 Å². The summed E-state index contributed by atoms with van der Waals surface area (Å²) in [6.07, 6.45) is 10.6. The van der Waals surface area contributed by atoms with Crippen molar-refractivity contribution in [3.05, 3.63) is 24.3 Å². The van der Waals surface area contributed by atoms with E-state index in [1.54, 1.807) is 12.2 Å². The largest absolute Gasteiger partial charge is 0.481 e. The van der Waals surface area contributed by atoms with Crippen molar-refractivity contribution in [1.82, 2.24) is 5.32 Å². The normalized spacial score (nSPS) is 12.9. The van der Waals surface area contributed by atoms with Crippen LogP contribution in [0.25, 0.3) is 0 Å². The van der Waals surface area contributed by atoms with Gasteiger partial charge in [-0.05, 0) is 25.7 Å². The smallest absolute Gasteiger partial charge is 0.303 e. The van der Waals surface area contributed by atoms with Crippen molar-refractivity contribution in [3.63, 3.8) is 0 Å². The van der Waals surface area contributed by atoms with E-state index in [1.165, 1.54) is 6.08 Å². The van der Waals surface area contributed by atoms with Crippen LogP contribution in [0.2, 0.25) is 0 Å². The molecule has 0 saturated carbocycles. The van der Waals surface area contributed by atoms with Crippen molar-refractivity contribution in [2.45, 2.75) is 46.0 Å². The first-order chi connectivity index (χ1) is 9.10. The highest BCUT2D eigenvalue weighted by molar-refractivity contribution is 5.87. The van der Waals surface area contributed by atoms with Crippen molar-refractivity contribution in [3.8, 4) is 0 Å². The van der Waals surface area contributed by atoms with E-state index in [2.05, 4.69) is 12.2 Å². The summed E-state index contributed by atoms with van der Waals surface area (Å²) in [5, 5.41) is 11.5. The lowest BCUT2D eigenvalue weighted by molar-refractivity contribution is -0.137. The van der Waals surface area contributed by atoms with Gasteiger partial charge in [0.15, 0.2) is 0 Å². The highest BCUT2D eigenvalue weighted by Gasteiger charge is 2.10. The molecule has 0 aliphatic heterocycles. The van der Waals surface area contributed by atoms with E-state index in [0.29, 0.717) is 18.9 Å². The molecule has 0 aliphatic carbocycles. The van der Waals surface area contributed by atoms with Crippen LogP contribution in [0.15, 0.2) is 24.3 Å². The minimum Gasteiger partial charge on any atom is -0.481 e. The first-order valence-corrected chi connectivity index (χ1v) is 6.89. The van der Waals surface area contributed by atoms with E-state index >= 15 is 0 Å². The zero-order chi connectivity index (χ0) is 14.5. The Labute approximate surface area is 115 Å². The zero-order valence-electron chi connectivity index (χ0n) is 11.9. The SMILES string of the molecule is CC=CC=CC(=O)NCCC(CCC)CCC(=O)O. The first kappa shape index (κ1) is 17.4. The summed E-state index contributed by atoms with van der Waals surface area (Å²) in [6.45, 7) is 4.58. The van der Waals surface area contributed by atoms with Crippen molar-refractivity contribution in [2.24, 2.45) is 5.92 Å². The molecule has 0 aromatic heterocycles. The van der Waals surface area contributed by atoms with Gasteiger partial charge >= 0.3 is 5.97 Å². The van der Waals surface area contributed by atoms with Gasteiger partial charge in [-0.1, -0.05) is 38.0 Å². The molecular formula is C15H25NO3. The van der Waals surface area contributed by atoms with E-state index in [0.717, 1.165) is 19.3 Å². The van der Waals surface area contributed by atoms with Crippen LogP contribution in [0.1, 0.15) is 46.0 Å². The molecule has 1 amide bonds. The van der Waals surface area contributed by atoms with Crippen molar-refractivity contribution in [2.75, 3.05) is 6.54 Å². The average molecular weight is 267 g/mol. The molecule has 0 spiro atoms. The summed E-state index contributed by atoms with van der Waals surface area (Å²) in [5.41, 5.74) is 0. The highest BCUT2D eigenvalue weighted by atomic mass is 16.4. The van der Waals surface area contributed by atoms with Crippen molar-refractivity contribution in [1.29, 1.82) is 0 Å². The van der Waals surface area contributed by atoms with Crippen LogP contribution < -0.4 is 5.32 Å². The zero-order valence-corrected chi connectivity index (χ0v) is 11.9. The Morgan fingerprint density at radius 2 is 1.95 bits per heavy atom. The van der Waals surface area contributed by atoms with Gasteiger partial charge in [0.2, 0.25) is 5.91 Å². The molecule has 1 atom stereocenters. The summed E-state index contributed by atoms with van der Waals surface area (Å²) >= 11 is 0. The molecular weight excluding hydrogens is 242 g/mol. The maximum Gasteiger partial charge on any atom is 0.303 e. The lowest BCUT2D eigenvalue weighted by Gasteiger charge is -2.14. The molecule has 0 aromatic carbocycles. The molecule has 1 unspecified atom stereocenters. The molecule has 0 heterocycles. The number of aliphatic carboxylic acids is 1. The molecule has 0 fully saturated rings. The van der Waals surface area contributed by atoms with Gasteiger partial charge in [0.05, 0.1) is 0 Å². The van der Waals surface area contributed by atoms with Gasteiger partial charge in [-0.2, -0.15) is 0 Å². The third kappa shape index (κ3) is 11.3. The van der Waals surface area contributed by atoms with Crippen LogP contribution >= 0.6 is 0 Å². The highest BCUT2D eigenvalue weighted by Crippen LogP contribution is 2.17. The molecule has 2 N–H and O–H groups in total. The molecule has 0 radical (unpaired) electrons. The Morgan fingerprint density at radius 1 is 1.21 bits per heavy atom. The Morgan fingerprint density at radius 3 is 2.53 bits per heavy atom. The lowest BCUT2D eigenvalue weighted by atomic mass is 9.94. The van der Waals surface area contributed by atoms with Gasteiger partial charge in [-0.25, -0.2) is 0 Å². The summed E-state index contributed by atoms with van der Waals surface area (Å²) in [5.74, 6) is -0.480. The lowest BCUT2D eigenvalue weighted by Crippen LogP contribution is -2.24. The van der Waals surface area contributed by atoms with Crippen LogP contribution in [0.4, 0.5) is 0 Å². The predicted molar refractivity (Wildman–Crippen MR) is 76.8 cm³/mol.